The summed E-state index contributed by atoms with van der Waals surface area (Å²) in [6.45, 7) is 0. The number of methoxy groups -OCH3 is 3. The lowest BCUT2D eigenvalue weighted by Gasteiger charge is -2.12. The predicted molar refractivity (Wildman–Crippen MR) is 127 cm³/mol. The van der Waals surface area contributed by atoms with Crippen LogP contribution in [0.4, 0.5) is 5.69 Å². The summed E-state index contributed by atoms with van der Waals surface area (Å²) in [6, 6.07) is 18.1. The van der Waals surface area contributed by atoms with Gasteiger partial charge in [-0.2, -0.15) is 0 Å². The topological polar surface area (TPSA) is 77.0 Å². The molecule has 0 bridgehead atoms. The smallest absolute Gasteiger partial charge is 0.248 e. The van der Waals surface area contributed by atoms with Gasteiger partial charge < -0.3 is 24.6 Å². The number of ether oxygens (including phenoxy) is 3. The number of phenols is 1. The van der Waals surface area contributed by atoms with Crippen LogP contribution in [-0.2, 0) is 4.79 Å². The molecule has 3 aromatic rings. The monoisotopic (exact) mass is 431 g/mol. The molecule has 32 heavy (non-hydrogen) atoms. The SMILES string of the molecule is COc1cc(C=Cc2ccc(O)c(NC(=O)/C=C/c3ccccc3)c2)cc(OC)c1OC. The average molecular weight is 431 g/mol. The summed E-state index contributed by atoms with van der Waals surface area (Å²) in [6.07, 6.45) is 6.86. The molecule has 6 heteroatoms. The van der Waals surface area contributed by atoms with Crippen LogP contribution in [0, 0.1) is 0 Å². The van der Waals surface area contributed by atoms with E-state index in [9.17, 15) is 9.90 Å². The number of hydrogen-bond acceptors (Lipinski definition) is 5. The van der Waals surface area contributed by atoms with Gasteiger partial charge in [0.1, 0.15) is 5.75 Å². The summed E-state index contributed by atoms with van der Waals surface area (Å²) >= 11 is 0. The molecule has 1 amide bonds. The molecule has 6 nitrogen and oxygen atoms in total. The zero-order valence-electron chi connectivity index (χ0n) is 18.2. The Labute approximate surface area is 187 Å². The van der Waals surface area contributed by atoms with Gasteiger partial charge in [0.25, 0.3) is 0 Å². The summed E-state index contributed by atoms with van der Waals surface area (Å²) in [5.74, 6) is 1.27. The molecule has 0 aliphatic rings. The highest BCUT2D eigenvalue weighted by atomic mass is 16.5. The minimum absolute atomic E-state index is 0.0172. The van der Waals surface area contributed by atoms with Crippen molar-refractivity contribution in [3.05, 3.63) is 83.4 Å². The predicted octanol–water partition coefficient (Wildman–Crippen LogP) is 5.24. The number of benzene rings is 3. The van der Waals surface area contributed by atoms with E-state index in [0.29, 0.717) is 22.9 Å². The first-order chi connectivity index (χ1) is 15.5. The van der Waals surface area contributed by atoms with E-state index in [1.165, 1.54) is 12.1 Å². The number of amides is 1. The number of anilines is 1. The highest BCUT2D eigenvalue weighted by Gasteiger charge is 2.12. The molecular formula is C26H25NO5. The molecule has 3 rings (SSSR count). The first-order valence-electron chi connectivity index (χ1n) is 9.89. The van der Waals surface area contributed by atoms with Crippen molar-refractivity contribution in [1.82, 2.24) is 0 Å². The molecule has 0 saturated carbocycles. The number of hydrogen-bond donors (Lipinski definition) is 2. The van der Waals surface area contributed by atoms with Gasteiger partial charge in [-0.05, 0) is 47.0 Å². The minimum atomic E-state index is -0.338. The van der Waals surface area contributed by atoms with Gasteiger partial charge in [-0.15, -0.1) is 0 Å². The van der Waals surface area contributed by atoms with Crippen molar-refractivity contribution in [3.8, 4) is 23.0 Å². The molecule has 0 heterocycles. The van der Waals surface area contributed by atoms with Crippen LogP contribution in [0.2, 0.25) is 0 Å². The largest absolute Gasteiger partial charge is 0.506 e. The highest BCUT2D eigenvalue weighted by Crippen LogP contribution is 2.38. The Bertz CT molecular complexity index is 1110. The molecule has 0 aliphatic heterocycles. The second-order valence-corrected chi connectivity index (χ2v) is 6.80. The molecule has 0 aromatic heterocycles. The van der Waals surface area contributed by atoms with Crippen molar-refractivity contribution < 1.29 is 24.1 Å². The Morgan fingerprint density at radius 2 is 1.44 bits per heavy atom. The summed E-state index contributed by atoms with van der Waals surface area (Å²) < 4.78 is 16.1. The molecule has 0 unspecified atom stereocenters. The average Bonchev–Trinajstić information content (AvgIpc) is 2.83. The van der Waals surface area contributed by atoms with Crippen molar-refractivity contribution in [2.24, 2.45) is 0 Å². The fourth-order valence-corrected chi connectivity index (χ4v) is 3.06. The van der Waals surface area contributed by atoms with Gasteiger partial charge in [-0.25, -0.2) is 0 Å². The zero-order chi connectivity index (χ0) is 22.9. The van der Waals surface area contributed by atoms with Gasteiger partial charge in [-0.1, -0.05) is 48.6 Å². The fourth-order valence-electron chi connectivity index (χ4n) is 3.06. The number of phenolic OH excluding ortho intramolecular Hbond substituents is 1. The molecule has 0 radical (unpaired) electrons. The summed E-state index contributed by atoms with van der Waals surface area (Å²) in [4.78, 5) is 12.3. The number of nitrogens with one attached hydrogen (secondary N) is 1. The number of carbonyl (C=O) groups is 1. The Hall–Kier alpha value is -4.19. The first-order valence-corrected chi connectivity index (χ1v) is 9.89. The summed E-state index contributed by atoms with van der Waals surface area (Å²) in [5, 5.41) is 12.8. The fraction of sp³-hybridized carbons (Fsp3) is 0.115. The third-order valence-corrected chi connectivity index (χ3v) is 4.66. The Kier molecular flexibility index (Phi) is 7.54. The summed E-state index contributed by atoms with van der Waals surface area (Å²) in [7, 11) is 4.68. The highest BCUT2D eigenvalue weighted by molar-refractivity contribution is 6.03. The van der Waals surface area contributed by atoms with Gasteiger partial charge in [0.2, 0.25) is 11.7 Å². The van der Waals surface area contributed by atoms with Crippen LogP contribution in [0.3, 0.4) is 0 Å². The quantitative estimate of drug-likeness (QED) is 0.290. The van der Waals surface area contributed by atoms with Crippen molar-refractivity contribution in [1.29, 1.82) is 0 Å². The maximum atomic E-state index is 12.3. The second-order valence-electron chi connectivity index (χ2n) is 6.80. The van der Waals surface area contributed by atoms with Crippen LogP contribution in [0.5, 0.6) is 23.0 Å². The van der Waals surface area contributed by atoms with Gasteiger partial charge >= 0.3 is 0 Å². The van der Waals surface area contributed by atoms with E-state index in [2.05, 4.69) is 5.32 Å². The third-order valence-electron chi connectivity index (χ3n) is 4.66. The van der Waals surface area contributed by atoms with E-state index in [-0.39, 0.29) is 11.7 Å². The number of carbonyl (C=O) groups excluding carboxylic acids is 1. The van der Waals surface area contributed by atoms with Crippen LogP contribution in [-0.4, -0.2) is 32.3 Å². The van der Waals surface area contributed by atoms with Gasteiger partial charge in [0.05, 0.1) is 27.0 Å². The van der Waals surface area contributed by atoms with E-state index in [1.54, 1.807) is 39.5 Å². The van der Waals surface area contributed by atoms with Crippen LogP contribution < -0.4 is 19.5 Å². The molecule has 2 N–H and O–H groups in total. The van der Waals surface area contributed by atoms with E-state index < -0.39 is 0 Å². The van der Waals surface area contributed by atoms with Crippen molar-refractivity contribution in [3.63, 3.8) is 0 Å². The van der Waals surface area contributed by atoms with Crippen LogP contribution in [0.1, 0.15) is 16.7 Å². The zero-order valence-corrected chi connectivity index (χ0v) is 18.2. The van der Waals surface area contributed by atoms with E-state index >= 15 is 0 Å². The maximum Gasteiger partial charge on any atom is 0.248 e. The molecule has 0 spiro atoms. The lowest BCUT2D eigenvalue weighted by Crippen LogP contribution is -2.08. The number of aromatic hydroxyl groups is 1. The van der Waals surface area contributed by atoms with Crippen molar-refractivity contribution in [2.75, 3.05) is 26.6 Å². The lowest BCUT2D eigenvalue weighted by atomic mass is 10.1. The van der Waals surface area contributed by atoms with Crippen LogP contribution in [0.25, 0.3) is 18.2 Å². The van der Waals surface area contributed by atoms with E-state index in [1.807, 2.05) is 54.6 Å². The molecule has 0 saturated heterocycles. The van der Waals surface area contributed by atoms with Gasteiger partial charge in [0.15, 0.2) is 11.5 Å². The second kappa shape index (κ2) is 10.7. The maximum absolute atomic E-state index is 12.3. The molecule has 3 aromatic carbocycles. The molecular weight excluding hydrogens is 406 g/mol. The standard InChI is InChI=1S/C26H25NO5/c1-30-23-16-20(17-24(31-2)26(23)32-3)10-9-19-11-13-22(28)21(15-19)27-25(29)14-12-18-7-5-4-6-8-18/h4-17,28H,1-3H3,(H,27,29)/b10-9?,14-12+. The Morgan fingerprint density at radius 3 is 2.06 bits per heavy atom. The lowest BCUT2D eigenvalue weighted by molar-refractivity contribution is -0.111. The first kappa shape index (κ1) is 22.5. The van der Waals surface area contributed by atoms with E-state index in [4.69, 9.17) is 14.2 Å². The van der Waals surface area contributed by atoms with Crippen LogP contribution in [0.15, 0.2) is 66.7 Å². The molecule has 0 fully saturated rings. The summed E-state index contributed by atoms with van der Waals surface area (Å²) in [5.41, 5.74) is 2.86. The Morgan fingerprint density at radius 1 is 0.781 bits per heavy atom. The molecule has 164 valence electrons. The van der Waals surface area contributed by atoms with Gasteiger partial charge in [-0.3, -0.25) is 4.79 Å². The van der Waals surface area contributed by atoms with Crippen molar-refractivity contribution in [2.45, 2.75) is 0 Å². The normalized spacial score (nSPS) is 11.0. The van der Waals surface area contributed by atoms with Gasteiger partial charge in [0, 0.05) is 6.08 Å². The molecule has 0 aliphatic carbocycles. The Balaban J connectivity index is 1.78. The minimum Gasteiger partial charge on any atom is -0.506 e. The number of rotatable bonds is 8. The molecule has 0 atom stereocenters. The third kappa shape index (κ3) is 5.70. The van der Waals surface area contributed by atoms with Crippen molar-refractivity contribution >= 4 is 29.8 Å². The van der Waals surface area contributed by atoms with Crippen LogP contribution >= 0.6 is 0 Å². The van der Waals surface area contributed by atoms with E-state index in [0.717, 1.165) is 16.7 Å².